The molecule has 26 heavy (non-hydrogen) atoms. The molecule has 0 bridgehead atoms. The van der Waals surface area contributed by atoms with Gasteiger partial charge in [-0.15, -0.1) is 0 Å². The molecule has 3 heteroatoms. The molecule has 1 aliphatic rings. The third kappa shape index (κ3) is 2.78. The van der Waals surface area contributed by atoms with Crippen LogP contribution in [0.25, 0.3) is 22.8 Å². The second-order valence-corrected chi connectivity index (χ2v) is 6.34. The van der Waals surface area contributed by atoms with Crippen LogP contribution in [0.5, 0.6) is 5.75 Å². The minimum Gasteiger partial charge on any atom is -0.496 e. The Morgan fingerprint density at radius 3 is 2.54 bits per heavy atom. The lowest BCUT2D eigenvalue weighted by Crippen LogP contribution is -2.03. The van der Waals surface area contributed by atoms with Crippen LogP contribution in [0.1, 0.15) is 16.7 Å². The van der Waals surface area contributed by atoms with Crippen LogP contribution in [0.15, 0.2) is 66.7 Å². The molecule has 128 valence electrons. The maximum atomic E-state index is 12.5. The van der Waals surface area contributed by atoms with Crippen molar-refractivity contribution in [3.63, 3.8) is 0 Å². The van der Waals surface area contributed by atoms with Gasteiger partial charge in [0, 0.05) is 22.4 Å². The Labute approximate surface area is 152 Å². The first-order chi connectivity index (χ1) is 12.7. The van der Waals surface area contributed by atoms with Gasteiger partial charge in [-0.25, -0.2) is 0 Å². The number of carbonyl (C=O) groups is 1. The highest BCUT2D eigenvalue weighted by Crippen LogP contribution is 2.37. The number of hydrogen-bond donors (Lipinski definition) is 1. The third-order valence-electron chi connectivity index (χ3n) is 4.65. The molecule has 0 spiro atoms. The van der Waals surface area contributed by atoms with Crippen LogP contribution in [-0.4, -0.2) is 13.0 Å². The smallest absolute Gasteiger partial charge is 0.256 e. The second-order valence-electron chi connectivity index (χ2n) is 6.34. The van der Waals surface area contributed by atoms with Crippen LogP contribution in [0.4, 0.5) is 5.69 Å². The summed E-state index contributed by atoms with van der Waals surface area (Å²) in [7, 11) is 1.67. The normalized spacial score (nSPS) is 14.2. The SMILES string of the molecule is COc1ccc(/C=C2\C(=O)Nc3cccc(C)c32)cc1-c1ccccc1. The van der Waals surface area contributed by atoms with E-state index in [4.69, 9.17) is 4.74 Å². The average molecular weight is 341 g/mol. The number of methoxy groups -OCH3 is 1. The fourth-order valence-electron chi connectivity index (χ4n) is 3.40. The topological polar surface area (TPSA) is 38.3 Å². The number of ether oxygens (including phenoxy) is 1. The Balaban J connectivity index is 1.83. The lowest BCUT2D eigenvalue weighted by molar-refractivity contribution is -0.110. The third-order valence-corrected chi connectivity index (χ3v) is 4.65. The summed E-state index contributed by atoms with van der Waals surface area (Å²) in [6.07, 6.45) is 1.94. The largest absolute Gasteiger partial charge is 0.496 e. The van der Waals surface area contributed by atoms with Crippen LogP contribution in [0.2, 0.25) is 0 Å². The molecule has 1 amide bonds. The lowest BCUT2D eigenvalue weighted by atomic mass is 9.97. The van der Waals surface area contributed by atoms with Crippen molar-refractivity contribution in [2.24, 2.45) is 0 Å². The van der Waals surface area contributed by atoms with Crippen LogP contribution in [0.3, 0.4) is 0 Å². The summed E-state index contributed by atoms with van der Waals surface area (Å²) in [5.74, 6) is 0.747. The van der Waals surface area contributed by atoms with Gasteiger partial charge in [0.1, 0.15) is 5.75 Å². The van der Waals surface area contributed by atoms with E-state index in [9.17, 15) is 4.79 Å². The molecule has 0 fully saturated rings. The molecule has 0 unspecified atom stereocenters. The molecular weight excluding hydrogens is 322 g/mol. The minimum absolute atomic E-state index is 0.0635. The van der Waals surface area contributed by atoms with Crippen LogP contribution in [0, 0.1) is 6.92 Å². The predicted molar refractivity (Wildman–Crippen MR) is 106 cm³/mol. The molecule has 0 radical (unpaired) electrons. The Kier molecular flexibility index (Phi) is 4.05. The van der Waals surface area contributed by atoms with E-state index in [-0.39, 0.29) is 5.91 Å². The van der Waals surface area contributed by atoms with E-state index in [1.807, 2.05) is 61.5 Å². The molecule has 1 aliphatic heterocycles. The Bertz CT molecular complexity index is 1020. The van der Waals surface area contributed by atoms with Crippen molar-refractivity contribution in [2.45, 2.75) is 6.92 Å². The zero-order valence-electron chi connectivity index (χ0n) is 14.7. The number of anilines is 1. The average Bonchev–Trinajstić information content (AvgIpc) is 2.99. The highest BCUT2D eigenvalue weighted by molar-refractivity contribution is 6.35. The van der Waals surface area contributed by atoms with E-state index in [2.05, 4.69) is 23.5 Å². The Hall–Kier alpha value is -3.33. The van der Waals surface area contributed by atoms with Crippen molar-refractivity contribution in [2.75, 3.05) is 12.4 Å². The number of rotatable bonds is 3. The molecule has 3 aromatic carbocycles. The summed E-state index contributed by atoms with van der Waals surface area (Å²) < 4.78 is 5.52. The minimum atomic E-state index is -0.0635. The number of carbonyl (C=O) groups excluding carboxylic acids is 1. The number of aryl methyl sites for hydroxylation is 1. The van der Waals surface area contributed by atoms with Gasteiger partial charge in [0.25, 0.3) is 5.91 Å². The molecule has 4 rings (SSSR count). The summed E-state index contributed by atoms with van der Waals surface area (Å²) in [5, 5.41) is 2.95. The van der Waals surface area contributed by atoms with E-state index in [0.29, 0.717) is 5.57 Å². The van der Waals surface area contributed by atoms with Gasteiger partial charge in [-0.1, -0.05) is 48.5 Å². The second kappa shape index (κ2) is 6.52. The van der Waals surface area contributed by atoms with Crippen LogP contribution < -0.4 is 10.1 Å². The van der Waals surface area contributed by atoms with Crippen molar-refractivity contribution in [3.8, 4) is 16.9 Å². The van der Waals surface area contributed by atoms with Crippen molar-refractivity contribution >= 4 is 23.2 Å². The number of fused-ring (bicyclic) bond motifs is 1. The van der Waals surface area contributed by atoms with Crippen LogP contribution in [-0.2, 0) is 4.79 Å². The van der Waals surface area contributed by atoms with Gasteiger partial charge in [-0.3, -0.25) is 4.79 Å². The van der Waals surface area contributed by atoms with Gasteiger partial charge >= 0.3 is 0 Å². The van der Waals surface area contributed by atoms with Gasteiger partial charge in [-0.2, -0.15) is 0 Å². The molecule has 0 aromatic heterocycles. The zero-order valence-corrected chi connectivity index (χ0v) is 14.7. The number of amides is 1. The summed E-state index contributed by atoms with van der Waals surface area (Å²) >= 11 is 0. The van der Waals surface area contributed by atoms with E-state index in [0.717, 1.165) is 39.3 Å². The molecule has 3 nitrogen and oxygen atoms in total. The standard InChI is InChI=1S/C23H19NO2/c1-15-7-6-10-20-22(15)19(23(25)24-20)14-16-11-12-21(26-2)18(13-16)17-8-4-3-5-9-17/h3-14H,1-2H3,(H,24,25)/b19-14-. The first-order valence-corrected chi connectivity index (χ1v) is 8.54. The fraction of sp³-hybridized carbons (Fsp3) is 0.0870. The lowest BCUT2D eigenvalue weighted by Gasteiger charge is -2.10. The zero-order chi connectivity index (χ0) is 18.1. The molecule has 1 heterocycles. The Morgan fingerprint density at radius 2 is 1.77 bits per heavy atom. The highest BCUT2D eigenvalue weighted by Gasteiger charge is 2.25. The molecule has 3 aromatic rings. The molecular formula is C23H19NO2. The number of hydrogen-bond acceptors (Lipinski definition) is 2. The molecule has 0 aliphatic carbocycles. The highest BCUT2D eigenvalue weighted by atomic mass is 16.5. The Morgan fingerprint density at radius 1 is 0.962 bits per heavy atom. The fourth-order valence-corrected chi connectivity index (χ4v) is 3.40. The van der Waals surface area contributed by atoms with E-state index in [1.165, 1.54) is 0 Å². The van der Waals surface area contributed by atoms with Crippen molar-refractivity contribution in [1.82, 2.24) is 0 Å². The van der Waals surface area contributed by atoms with E-state index < -0.39 is 0 Å². The quantitative estimate of drug-likeness (QED) is 0.668. The summed E-state index contributed by atoms with van der Waals surface area (Å²) in [6, 6.07) is 22.0. The van der Waals surface area contributed by atoms with Crippen molar-refractivity contribution < 1.29 is 9.53 Å². The van der Waals surface area contributed by atoms with E-state index >= 15 is 0 Å². The maximum absolute atomic E-state index is 12.5. The number of benzene rings is 3. The summed E-state index contributed by atoms with van der Waals surface area (Å²) in [6.45, 7) is 2.02. The van der Waals surface area contributed by atoms with Gasteiger partial charge < -0.3 is 10.1 Å². The van der Waals surface area contributed by atoms with Gasteiger partial charge in [0.05, 0.1) is 7.11 Å². The number of nitrogens with one attached hydrogen (secondary N) is 1. The van der Waals surface area contributed by atoms with Crippen molar-refractivity contribution in [1.29, 1.82) is 0 Å². The first-order valence-electron chi connectivity index (χ1n) is 8.54. The monoisotopic (exact) mass is 341 g/mol. The van der Waals surface area contributed by atoms with Gasteiger partial charge in [-0.05, 0) is 47.9 Å². The van der Waals surface area contributed by atoms with Crippen LogP contribution >= 0.6 is 0 Å². The summed E-state index contributed by atoms with van der Waals surface area (Å²) in [4.78, 5) is 12.5. The predicted octanol–water partition coefficient (Wildman–Crippen LogP) is 5.16. The molecule has 0 saturated carbocycles. The molecule has 0 atom stereocenters. The van der Waals surface area contributed by atoms with E-state index in [1.54, 1.807) is 7.11 Å². The molecule has 1 N–H and O–H groups in total. The molecule has 0 saturated heterocycles. The first kappa shape index (κ1) is 16.2. The van der Waals surface area contributed by atoms with Gasteiger partial charge in [0.15, 0.2) is 0 Å². The maximum Gasteiger partial charge on any atom is 0.256 e. The van der Waals surface area contributed by atoms with Crippen molar-refractivity contribution in [3.05, 3.63) is 83.4 Å². The summed E-state index contributed by atoms with van der Waals surface area (Å²) in [5.41, 5.74) is 6.69. The van der Waals surface area contributed by atoms with Gasteiger partial charge in [0.2, 0.25) is 0 Å².